The molecule has 1 unspecified atom stereocenters. The molecule has 0 saturated carbocycles. The Morgan fingerprint density at radius 1 is 1.03 bits per heavy atom. The average Bonchev–Trinajstić information content (AvgIpc) is 3.36. The van der Waals surface area contributed by atoms with Crippen LogP contribution in [-0.4, -0.2) is 21.7 Å². The van der Waals surface area contributed by atoms with Gasteiger partial charge in [-0.3, -0.25) is 0 Å². The topological polar surface area (TPSA) is 68.7 Å². The number of aliphatic hydroxyl groups is 1. The molecule has 0 saturated heterocycles. The summed E-state index contributed by atoms with van der Waals surface area (Å²) >= 11 is 1.38. The molecule has 6 heteroatoms. The van der Waals surface area contributed by atoms with Gasteiger partial charge in [0.25, 0.3) is 0 Å². The number of nitrogens with zero attached hydrogens (tertiary/aromatic N) is 1. The van der Waals surface area contributed by atoms with E-state index in [-0.39, 0.29) is 5.56 Å². The molecule has 0 bridgehead atoms. The third-order valence-electron chi connectivity index (χ3n) is 5.58. The zero-order valence-electron chi connectivity index (χ0n) is 19.9. The monoisotopic (exact) mass is 475 g/mol. The maximum Gasteiger partial charge on any atom is 0.342 e. The van der Waals surface area contributed by atoms with Gasteiger partial charge in [0.05, 0.1) is 0 Å². The molecule has 0 radical (unpaired) electrons. The molecule has 0 spiro atoms. The molecular formula is C28H29NO4S. The van der Waals surface area contributed by atoms with Crippen molar-refractivity contribution in [2.24, 2.45) is 0 Å². The van der Waals surface area contributed by atoms with Gasteiger partial charge in [-0.2, -0.15) is 0 Å². The van der Waals surface area contributed by atoms with Crippen molar-refractivity contribution in [3.63, 3.8) is 0 Å². The predicted molar refractivity (Wildman–Crippen MR) is 135 cm³/mol. The maximum absolute atomic E-state index is 13.1. The van der Waals surface area contributed by atoms with Gasteiger partial charge in [0.2, 0.25) is 0 Å². The van der Waals surface area contributed by atoms with E-state index in [4.69, 9.17) is 9.47 Å². The van der Waals surface area contributed by atoms with Crippen molar-refractivity contribution >= 4 is 28.1 Å². The Labute approximate surface area is 204 Å². The summed E-state index contributed by atoms with van der Waals surface area (Å²) in [6.45, 7) is 7.65. The Kier molecular flexibility index (Phi) is 6.73. The Morgan fingerprint density at radius 3 is 2.47 bits per heavy atom. The van der Waals surface area contributed by atoms with Crippen molar-refractivity contribution < 1.29 is 19.4 Å². The molecule has 0 amide bonds. The number of carbonyl (C=O) groups is 1. The van der Waals surface area contributed by atoms with E-state index in [0.717, 1.165) is 16.3 Å². The second-order valence-electron chi connectivity index (χ2n) is 9.23. The largest absolute Gasteiger partial charge is 0.488 e. The van der Waals surface area contributed by atoms with Crippen LogP contribution in [0.2, 0.25) is 0 Å². The smallest absolute Gasteiger partial charge is 0.342 e. The van der Waals surface area contributed by atoms with E-state index < -0.39 is 17.2 Å². The van der Waals surface area contributed by atoms with E-state index >= 15 is 0 Å². The summed E-state index contributed by atoms with van der Waals surface area (Å²) in [5.74, 6) is -0.0933. The summed E-state index contributed by atoms with van der Waals surface area (Å²) in [7, 11) is 0. The molecule has 1 N–H and O–H groups in total. The highest BCUT2D eigenvalue weighted by Gasteiger charge is 2.34. The minimum Gasteiger partial charge on any atom is -0.488 e. The number of carbonyl (C=O) groups excluding carboxylic acids is 1. The van der Waals surface area contributed by atoms with Gasteiger partial charge in [0.15, 0.2) is 0 Å². The van der Waals surface area contributed by atoms with E-state index in [1.165, 1.54) is 11.3 Å². The quantitative estimate of drug-likeness (QED) is 0.310. The molecule has 1 heterocycles. The minimum absolute atomic E-state index is 0.275. The van der Waals surface area contributed by atoms with Gasteiger partial charge < -0.3 is 14.6 Å². The number of benzene rings is 3. The van der Waals surface area contributed by atoms with Gasteiger partial charge in [-0.1, -0.05) is 49.4 Å². The number of hydrogen-bond donors (Lipinski definition) is 1. The van der Waals surface area contributed by atoms with Crippen LogP contribution in [0.4, 0.5) is 0 Å². The lowest BCUT2D eigenvalue weighted by atomic mass is 9.90. The van der Waals surface area contributed by atoms with Crippen molar-refractivity contribution in [1.82, 2.24) is 4.98 Å². The van der Waals surface area contributed by atoms with Crippen molar-refractivity contribution in [3.05, 3.63) is 93.9 Å². The van der Waals surface area contributed by atoms with E-state index in [2.05, 4.69) is 29.2 Å². The molecule has 4 rings (SSSR count). The molecule has 5 nitrogen and oxygen atoms in total. The van der Waals surface area contributed by atoms with Crippen LogP contribution in [-0.2, 0) is 16.9 Å². The molecule has 0 aliphatic heterocycles. The molecule has 0 aliphatic rings. The van der Waals surface area contributed by atoms with Crippen LogP contribution in [0.15, 0.2) is 72.2 Å². The van der Waals surface area contributed by atoms with E-state index in [0.29, 0.717) is 29.3 Å². The number of hydrogen-bond acceptors (Lipinski definition) is 6. The van der Waals surface area contributed by atoms with Crippen LogP contribution < -0.4 is 4.74 Å². The molecule has 4 aromatic rings. The van der Waals surface area contributed by atoms with Crippen molar-refractivity contribution in [2.45, 2.75) is 51.9 Å². The Balaban J connectivity index is 1.68. The molecule has 34 heavy (non-hydrogen) atoms. The molecule has 0 fully saturated rings. The van der Waals surface area contributed by atoms with Gasteiger partial charge in [0.1, 0.15) is 34.1 Å². The number of thiazole rings is 1. The summed E-state index contributed by atoms with van der Waals surface area (Å²) in [5.41, 5.74) is -0.132. The SMILES string of the molecule is CCC(O)(c1ccc(OCc2ccc3ccccc3c2)c(C(=O)OC(C)(C)C)c1)c1nccs1. The molecule has 1 atom stereocenters. The van der Waals surface area contributed by atoms with Gasteiger partial charge in [0, 0.05) is 11.6 Å². The third-order valence-corrected chi connectivity index (χ3v) is 6.51. The summed E-state index contributed by atoms with van der Waals surface area (Å²) < 4.78 is 11.8. The summed E-state index contributed by atoms with van der Waals surface area (Å²) in [5, 5.41) is 16.1. The zero-order chi connectivity index (χ0) is 24.3. The van der Waals surface area contributed by atoms with Crippen LogP contribution >= 0.6 is 11.3 Å². The van der Waals surface area contributed by atoms with Crippen LogP contribution in [0.5, 0.6) is 5.75 Å². The lowest BCUT2D eigenvalue weighted by molar-refractivity contribution is 0.00647. The van der Waals surface area contributed by atoms with Crippen molar-refractivity contribution in [1.29, 1.82) is 0 Å². The van der Waals surface area contributed by atoms with E-state index in [1.54, 1.807) is 24.4 Å². The fourth-order valence-corrected chi connectivity index (χ4v) is 4.63. The molecule has 176 valence electrons. The van der Waals surface area contributed by atoms with Crippen LogP contribution in [0, 0.1) is 0 Å². The Bertz CT molecular complexity index is 1290. The molecular weight excluding hydrogens is 446 g/mol. The van der Waals surface area contributed by atoms with E-state index in [9.17, 15) is 9.90 Å². The first-order valence-corrected chi connectivity index (χ1v) is 12.2. The summed E-state index contributed by atoms with van der Waals surface area (Å²) in [6.07, 6.45) is 2.07. The highest BCUT2D eigenvalue weighted by molar-refractivity contribution is 7.09. The van der Waals surface area contributed by atoms with Crippen molar-refractivity contribution in [3.8, 4) is 5.75 Å². The lowest BCUT2D eigenvalue weighted by Gasteiger charge is -2.26. The highest BCUT2D eigenvalue weighted by Crippen LogP contribution is 2.37. The summed E-state index contributed by atoms with van der Waals surface area (Å²) in [6, 6.07) is 19.5. The average molecular weight is 476 g/mol. The number of esters is 1. The van der Waals surface area contributed by atoms with E-state index in [1.807, 2.05) is 51.3 Å². The first-order valence-electron chi connectivity index (χ1n) is 11.3. The molecule has 1 aromatic heterocycles. The Hall–Kier alpha value is -3.22. The third kappa shape index (κ3) is 5.13. The second-order valence-corrected chi connectivity index (χ2v) is 10.1. The molecule has 3 aromatic carbocycles. The number of aromatic nitrogens is 1. The number of rotatable bonds is 7. The maximum atomic E-state index is 13.1. The minimum atomic E-state index is -1.30. The highest BCUT2D eigenvalue weighted by atomic mass is 32.1. The first kappa shape index (κ1) is 23.9. The fraction of sp³-hybridized carbons (Fsp3) is 0.286. The van der Waals surface area contributed by atoms with Crippen molar-refractivity contribution in [2.75, 3.05) is 0 Å². The standard InChI is InChI=1S/C28H29NO4S/c1-5-28(31,26-29-14-15-34-26)22-12-13-24(23(17-22)25(30)33-27(2,3)4)32-18-19-10-11-20-8-6-7-9-21(20)16-19/h6-17,31H,5,18H2,1-4H3. The second kappa shape index (κ2) is 9.57. The predicted octanol–water partition coefficient (Wildman–Crippen LogP) is 6.48. The van der Waals surface area contributed by atoms with Crippen LogP contribution in [0.1, 0.15) is 60.6 Å². The van der Waals surface area contributed by atoms with Gasteiger partial charge >= 0.3 is 5.97 Å². The van der Waals surface area contributed by atoms with Crippen LogP contribution in [0.25, 0.3) is 10.8 Å². The zero-order valence-corrected chi connectivity index (χ0v) is 20.7. The molecule has 0 aliphatic carbocycles. The lowest BCUT2D eigenvalue weighted by Crippen LogP contribution is -2.28. The number of ether oxygens (including phenoxy) is 2. The normalized spacial score (nSPS) is 13.4. The van der Waals surface area contributed by atoms with Crippen LogP contribution in [0.3, 0.4) is 0 Å². The Morgan fingerprint density at radius 2 is 1.79 bits per heavy atom. The first-order chi connectivity index (χ1) is 16.2. The van der Waals surface area contributed by atoms with Gasteiger partial charge in [-0.15, -0.1) is 11.3 Å². The van der Waals surface area contributed by atoms with Gasteiger partial charge in [-0.25, -0.2) is 9.78 Å². The number of fused-ring (bicyclic) bond motifs is 1. The fourth-order valence-electron chi connectivity index (χ4n) is 3.80. The summed E-state index contributed by atoms with van der Waals surface area (Å²) in [4.78, 5) is 17.4. The van der Waals surface area contributed by atoms with Gasteiger partial charge in [-0.05, 0) is 67.3 Å².